The molecule has 2 aromatic heterocycles. The van der Waals surface area contributed by atoms with Gasteiger partial charge in [-0.05, 0) is 19.8 Å². The Bertz CT molecular complexity index is 728. The summed E-state index contributed by atoms with van der Waals surface area (Å²) < 4.78 is 1.38. The van der Waals surface area contributed by atoms with Crippen LogP contribution in [0.15, 0.2) is 17.1 Å². The third kappa shape index (κ3) is 3.63. The molecule has 0 radical (unpaired) electrons. The summed E-state index contributed by atoms with van der Waals surface area (Å²) in [5, 5.41) is 2.84. The number of aryl methyl sites for hydroxylation is 1. The van der Waals surface area contributed by atoms with Crippen LogP contribution in [0, 0.1) is 12.8 Å². The minimum Gasteiger partial charge on any atom is -0.342 e. The minimum absolute atomic E-state index is 0.00657. The fraction of sp³-hybridized carbons (Fsp3) is 0.588. The van der Waals surface area contributed by atoms with Gasteiger partial charge in [0.25, 0.3) is 5.56 Å². The average Bonchev–Trinajstić information content (AvgIpc) is 3.01. The van der Waals surface area contributed by atoms with E-state index < -0.39 is 0 Å². The summed E-state index contributed by atoms with van der Waals surface area (Å²) in [6.07, 6.45) is 3.88. The molecule has 0 saturated heterocycles. The van der Waals surface area contributed by atoms with Gasteiger partial charge in [-0.25, -0.2) is 9.50 Å². The Labute approximate surface area is 136 Å². The van der Waals surface area contributed by atoms with Crippen LogP contribution in [0.25, 0.3) is 5.65 Å². The predicted octanol–water partition coefficient (Wildman–Crippen LogP) is 2.16. The van der Waals surface area contributed by atoms with E-state index in [0.717, 1.165) is 19.4 Å². The van der Waals surface area contributed by atoms with Crippen molar-refractivity contribution in [2.24, 2.45) is 5.92 Å². The van der Waals surface area contributed by atoms with Gasteiger partial charge in [-0.2, -0.15) is 0 Å². The lowest BCUT2D eigenvalue weighted by Gasteiger charge is -2.25. The molecule has 2 aromatic rings. The number of carbonyl (C=O) groups excluding carboxylic acids is 1. The SMILES string of the molecule is CCC(CC)CN(CC)C(=O)Cc1c(C)nc2cc[nH]n2c1=O. The number of nitrogens with one attached hydrogen (secondary N) is 1. The first-order chi connectivity index (χ1) is 11.0. The molecule has 0 bridgehead atoms. The number of hydrogen-bond acceptors (Lipinski definition) is 3. The summed E-state index contributed by atoms with van der Waals surface area (Å²) in [5.41, 5.74) is 1.48. The topological polar surface area (TPSA) is 70.5 Å². The minimum atomic E-state index is -0.190. The molecule has 6 nitrogen and oxygen atoms in total. The van der Waals surface area contributed by atoms with E-state index in [1.165, 1.54) is 4.52 Å². The van der Waals surface area contributed by atoms with Gasteiger partial charge in [0.15, 0.2) is 5.65 Å². The molecule has 0 aliphatic rings. The van der Waals surface area contributed by atoms with Gasteiger partial charge >= 0.3 is 0 Å². The maximum atomic E-state index is 12.6. The predicted molar refractivity (Wildman–Crippen MR) is 90.6 cm³/mol. The molecular formula is C17H26N4O2. The lowest BCUT2D eigenvalue weighted by molar-refractivity contribution is -0.131. The van der Waals surface area contributed by atoms with Crippen molar-refractivity contribution < 1.29 is 4.79 Å². The molecule has 0 aromatic carbocycles. The van der Waals surface area contributed by atoms with Crippen molar-refractivity contribution in [3.8, 4) is 0 Å². The molecule has 0 atom stereocenters. The Morgan fingerprint density at radius 3 is 2.65 bits per heavy atom. The second kappa shape index (κ2) is 7.44. The second-order valence-electron chi connectivity index (χ2n) is 5.93. The third-order valence-electron chi connectivity index (χ3n) is 4.54. The number of carbonyl (C=O) groups is 1. The number of likely N-dealkylation sites (N-methyl/N-ethyl adjacent to an activating group) is 1. The van der Waals surface area contributed by atoms with Crippen molar-refractivity contribution in [1.29, 1.82) is 0 Å². The van der Waals surface area contributed by atoms with Crippen LogP contribution >= 0.6 is 0 Å². The standard InChI is InChI=1S/C17H26N4O2/c1-5-13(6-2)11-20(7-3)16(22)10-14-12(4)19-15-8-9-18-21(15)17(14)23/h8-9,13,18H,5-7,10-11H2,1-4H3. The van der Waals surface area contributed by atoms with Gasteiger partial charge in [0.05, 0.1) is 6.42 Å². The largest absolute Gasteiger partial charge is 0.342 e. The van der Waals surface area contributed by atoms with Gasteiger partial charge in [-0.3, -0.25) is 14.7 Å². The van der Waals surface area contributed by atoms with Crippen LogP contribution in [0.1, 0.15) is 44.9 Å². The zero-order valence-electron chi connectivity index (χ0n) is 14.4. The monoisotopic (exact) mass is 318 g/mol. The van der Waals surface area contributed by atoms with Crippen LogP contribution in [0.4, 0.5) is 0 Å². The van der Waals surface area contributed by atoms with Crippen LogP contribution in [0.5, 0.6) is 0 Å². The third-order valence-corrected chi connectivity index (χ3v) is 4.54. The molecule has 1 N–H and O–H groups in total. The molecule has 6 heteroatoms. The maximum Gasteiger partial charge on any atom is 0.276 e. The highest BCUT2D eigenvalue weighted by Crippen LogP contribution is 2.12. The molecule has 0 aliphatic carbocycles. The Morgan fingerprint density at radius 2 is 2.04 bits per heavy atom. The van der Waals surface area contributed by atoms with Gasteiger partial charge in [0.1, 0.15) is 0 Å². The van der Waals surface area contributed by atoms with Crippen molar-refractivity contribution in [2.45, 2.75) is 47.0 Å². The summed E-state index contributed by atoms with van der Waals surface area (Å²) in [5.74, 6) is 0.498. The highest BCUT2D eigenvalue weighted by Gasteiger charge is 2.20. The smallest absolute Gasteiger partial charge is 0.276 e. The fourth-order valence-corrected chi connectivity index (χ4v) is 2.84. The fourth-order valence-electron chi connectivity index (χ4n) is 2.84. The van der Waals surface area contributed by atoms with E-state index in [2.05, 4.69) is 23.9 Å². The Kier molecular flexibility index (Phi) is 5.58. The summed E-state index contributed by atoms with van der Waals surface area (Å²) >= 11 is 0. The number of H-pyrrole nitrogens is 1. The lowest BCUT2D eigenvalue weighted by atomic mass is 10.0. The molecule has 0 spiro atoms. The quantitative estimate of drug-likeness (QED) is 0.850. The zero-order chi connectivity index (χ0) is 17.0. The van der Waals surface area contributed by atoms with Crippen molar-refractivity contribution >= 4 is 11.6 Å². The van der Waals surface area contributed by atoms with E-state index in [-0.39, 0.29) is 17.9 Å². The van der Waals surface area contributed by atoms with Crippen molar-refractivity contribution in [3.63, 3.8) is 0 Å². The number of nitrogens with zero attached hydrogens (tertiary/aromatic N) is 3. The molecule has 0 unspecified atom stereocenters. The normalized spacial score (nSPS) is 11.3. The maximum absolute atomic E-state index is 12.6. The molecule has 0 saturated carbocycles. The molecular weight excluding hydrogens is 292 g/mol. The summed E-state index contributed by atoms with van der Waals surface area (Å²) in [7, 11) is 0. The first-order valence-electron chi connectivity index (χ1n) is 8.35. The van der Waals surface area contributed by atoms with E-state index >= 15 is 0 Å². The molecule has 126 valence electrons. The van der Waals surface area contributed by atoms with Crippen LogP contribution in [0.3, 0.4) is 0 Å². The summed E-state index contributed by atoms with van der Waals surface area (Å²) in [6.45, 7) is 9.47. The van der Waals surface area contributed by atoms with Gasteiger partial charge in [0, 0.05) is 36.6 Å². The van der Waals surface area contributed by atoms with Gasteiger partial charge in [0.2, 0.25) is 5.91 Å². The van der Waals surface area contributed by atoms with Crippen LogP contribution < -0.4 is 5.56 Å². The number of rotatable bonds is 7. The highest BCUT2D eigenvalue weighted by atomic mass is 16.2. The van der Waals surface area contributed by atoms with Crippen molar-refractivity contribution in [2.75, 3.05) is 13.1 Å². The lowest BCUT2D eigenvalue weighted by Crippen LogP contribution is -2.37. The van der Waals surface area contributed by atoms with Crippen LogP contribution in [-0.2, 0) is 11.2 Å². The van der Waals surface area contributed by atoms with E-state index in [0.29, 0.717) is 29.4 Å². The number of fused-ring (bicyclic) bond motifs is 1. The summed E-state index contributed by atoms with van der Waals surface area (Å²) in [6, 6.07) is 1.74. The molecule has 2 heterocycles. The first-order valence-corrected chi connectivity index (χ1v) is 8.35. The van der Waals surface area contributed by atoms with Gasteiger partial charge < -0.3 is 4.90 Å². The first kappa shape index (κ1) is 17.2. The van der Waals surface area contributed by atoms with Crippen LogP contribution in [-0.4, -0.2) is 38.5 Å². The number of aromatic nitrogens is 3. The molecule has 2 rings (SSSR count). The molecule has 1 amide bonds. The Hall–Kier alpha value is -2.11. The Morgan fingerprint density at radius 1 is 1.35 bits per heavy atom. The Balaban J connectivity index is 2.23. The summed E-state index contributed by atoms with van der Waals surface area (Å²) in [4.78, 5) is 31.4. The van der Waals surface area contributed by atoms with E-state index in [1.807, 2.05) is 11.8 Å². The zero-order valence-corrected chi connectivity index (χ0v) is 14.4. The molecule has 0 aliphatic heterocycles. The van der Waals surface area contributed by atoms with Crippen molar-refractivity contribution in [1.82, 2.24) is 19.5 Å². The second-order valence-corrected chi connectivity index (χ2v) is 5.93. The van der Waals surface area contributed by atoms with Gasteiger partial charge in [-0.1, -0.05) is 26.7 Å². The van der Waals surface area contributed by atoms with E-state index in [9.17, 15) is 9.59 Å². The molecule has 0 fully saturated rings. The van der Waals surface area contributed by atoms with Gasteiger partial charge in [-0.15, -0.1) is 0 Å². The molecule has 23 heavy (non-hydrogen) atoms. The van der Waals surface area contributed by atoms with Crippen LogP contribution in [0.2, 0.25) is 0 Å². The average molecular weight is 318 g/mol. The highest BCUT2D eigenvalue weighted by molar-refractivity contribution is 5.79. The number of aromatic amines is 1. The van der Waals surface area contributed by atoms with E-state index in [1.54, 1.807) is 19.2 Å². The van der Waals surface area contributed by atoms with E-state index in [4.69, 9.17) is 0 Å². The number of hydrogen-bond donors (Lipinski definition) is 1. The van der Waals surface area contributed by atoms with Crippen molar-refractivity contribution in [3.05, 3.63) is 33.9 Å². The number of amides is 1.